The van der Waals surface area contributed by atoms with E-state index in [1.165, 1.54) is 16.8 Å². The Morgan fingerprint density at radius 3 is 2.77 bits per heavy atom. The van der Waals surface area contributed by atoms with E-state index in [0.717, 1.165) is 11.5 Å². The van der Waals surface area contributed by atoms with Crippen LogP contribution in [-0.4, -0.2) is 29.7 Å². The molecule has 0 bridgehead atoms. The number of aromatic hydroxyl groups is 1. The Kier molecular flexibility index (Phi) is 3.72. The van der Waals surface area contributed by atoms with Gasteiger partial charge in [-0.25, -0.2) is 14.1 Å². The molecular formula is C18H14FN5O2. The van der Waals surface area contributed by atoms with Crippen LogP contribution in [0.25, 0.3) is 28.0 Å². The van der Waals surface area contributed by atoms with Gasteiger partial charge in [-0.05, 0) is 31.2 Å². The first-order valence-electron chi connectivity index (χ1n) is 7.98. The molecule has 130 valence electrons. The molecule has 8 heteroatoms. The lowest BCUT2D eigenvalue weighted by Gasteiger charge is -2.04. The van der Waals surface area contributed by atoms with Crippen LogP contribution in [0.2, 0.25) is 0 Å². The first kappa shape index (κ1) is 15.9. The van der Waals surface area contributed by atoms with Crippen LogP contribution in [0.4, 0.5) is 4.39 Å². The van der Waals surface area contributed by atoms with Crippen LogP contribution in [0.1, 0.15) is 6.92 Å². The minimum atomic E-state index is -0.747. The largest absolute Gasteiger partial charge is 0.505 e. The van der Waals surface area contributed by atoms with E-state index in [2.05, 4.69) is 15.3 Å². The number of pyridine rings is 2. The van der Waals surface area contributed by atoms with Crippen molar-refractivity contribution in [1.29, 1.82) is 0 Å². The summed E-state index contributed by atoms with van der Waals surface area (Å²) >= 11 is 0. The van der Waals surface area contributed by atoms with E-state index in [4.69, 9.17) is 0 Å². The van der Waals surface area contributed by atoms with Crippen molar-refractivity contribution >= 4 is 10.9 Å². The third-order valence-corrected chi connectivity index (χ3v) is 4.12. The number of phenols is 1. The molecule has 0 fully saturated rings. The summed E-state index contributed by atoms with van der Waals surface area (Å²) in [6.07, 6.45) is 3.32. The fraction of sp³-hybridized carbons (Fsp3) is 0.111. The SMILES string of the molecule is CCn1ccc2ccc(-c3cn(-c4ccc(O)c(F)c4)nn3)nc2c1=O. The highest BCUT2D eigenvalue weighted by molar-refractivity contribution is 5.80. The van der Waals surface area contributed by atoms with E-state index in [1.807, 2.05) is 13.0 Å². The van der Waals surface area contributed by atoms with E-state index in [0.29, 0.717) is 29.1 Å². The Hall–Kier alpha value is -3.55. The molecule has 26 heavy (non-hydrogen) atoms. The van der Waals surface area contributed by atoms with Gasteiger partial charge in [0.05, 0.1) is 17.6 Å². The third-order valence-electron chi connectivity index (χ3n) is 4.12. The predicted octanol–water partition coefficient (Wildman–Crippen LogP) is 2.51. The molecule has 0 aliphatic carbocycles. The number of rotatable bonds is 3. The van der Waals surface area contributed by atoms with Gasteiger partial charge in [-0.15, -0.1) is 5.10 Å². The molecule has 0 unspecified atom stereocenters. The average Bonchev–Trinajstić information content (AvgIpc) is 3.14. The van der Waals surface area contributed by atoms with Crippen molar-refractivity contribution < 1.29 is 9.50 Å². The summed E-state index contributed by atoms with van der Waals surface area (Å²) < 4.78 is 16.5. The molecule has 0 radical (unpaired) electrons. The van der Waals surface area contributed by atoms with E-state index in [9.17, 15) is 14.3 Å². The van der Waals surface area contributed by atoms with Crippen LogP contribution in [0.5, 0.6) is 5.75 Å². The van der Waals surface area contributed by atoms with Gasteiger partial charge in [0.1, 0.15) is 11.2 Å². The second kappa shape index (κ2) is 6.07. The van der Waals surface area contributed by atoms with Gasteiger partial charge >= 0.3 is 0 Å². The van der Waals surface area contributed by atoms with Crippen molar-refractivity contribution in [3.8, 4) is 22.8 Å². The van der Waals surface area contributed by atoms with Gasteiger partial charge in [-0.2, -0.15) is 0 Å². The predicted molar refractivity (Wildman–Crippen MR) is 93.7 cm³/mol. The summed E-state index contributed by atoms with van der Waals surface area (Å²) in [5.74, 6) is -1.18. The zero-order chi connectivity index (χ0) is 18.3. The molecule has 0 atom stereocenters. The Bertz CT molecular complexity index is 1180. The lowest BCUT2D eigenvalue weighted by Crippen LogP contribution is -2.19. The van der Waals surface area contributed by atoms with E-state index < -0.39 is 11.6 Å². The van der Waals surface area contributed by atoms with Crippen LogP contribution in [-0.2, 0) is 6.54 Å². The maximum absolute atomic E-state index is 13.5. The molecule has 4 aromatic rings. The minimum Gasteiger partial charge on any atom is -0.505 e. The number of benzene rings is 1. The topological polar surface area (TPSA) is 85.8 Å². The van der Waals surface area contributed by atoms with Crippen LogP contribution in [0, 0.1) is 5.82 Å². The lowest BCUT2D eigenvalue weighted by molar-refractivity contribution is 0.432. The van der Waals surface area contributed by atoms with Gasteiger partial charge < -0.3 is 9.67 Å². The summed E-state index contributed by atoms with van der Waals surface area (Å²) in [6, 6.07) is 9.31. The maximum atomic E-state index is 13.5. The fourth-order valence-corrected chi connectivity index (χ4v) is 2.69. The molecule has 0 aliphatic rings. The number of aryl methyl sites for hydroxylation is 1. The van der Waals surface area contributed by atoms with Crippen LogP contribution in [0.3, 0.4) is 0 Å². The van der Waals surface area contributed by atoms with Gasteiger partial charge in [0.25, 0.3) is 5.56 Å². The second-order valence-electron chi connectivity index (χ2n) is 5.73. The minimum absolute atomic E-state index is 0.167. The standard InChI is InChI=1S/C18H14FN5O2/c1-2-23-8-7-11-3-5-14(20-17(11)18(23)26)15-10-24(22-21-15)12-4-6-16(25)13(19)9-12/h3-10,25H,2H2,1H3. The number of halogens is 1. The molecule has 0 saturated heterocycles. The second-order valence-corrected chi connectivity index (χ2v) is 5.73. The van der Waals surface area contributed by atoms with Crippen LogP contribution in [0.15, 0.2) is 53.6 Å². The van der Waals surface area contributed by atoms with Gasteiger partial charge in [0.15, 0.2) is 11.6 Å². The molecule has 4 rings (SSSR count). The third kappa shape index (κ3) is 2.61. The van der Waals surface area contributed by atoms with Gasteiger partial charge in [-0.3, -0.25) is 4.79 Å². The van der Waals surface area contributed by atoms with Crippen molar-refractivity contribution in [3.63, 3.8) is 0 Å². The van der Waals surface area contributed by atoms with Crippen LogP contribution < -0.4 is 5.56 Å². The van der Waals surface area contributed by atoms with E-state index >= 15 is 0 Å². The number of aromatic nitrogens is 5. The number of hydrogen-bond acceptors (Lipinski definition) is 5. The maximum Gasteiger partial charge on any atom is 0.277 e. The number of hydrogen-bond donors (Lipinski definition) is 1. The van der Waals surface area contributed by atoms with Crippen molar-refractivity contribution in [2.75, 3.05) is 0 Å². The summed E-state index contributed by atoms with van der Waals surface area (Å²) in [7, 11) is 0. The lowest BCUT2D eigenvalue weighted by atomic mass is 10.2. The average molecular weight is 351 g/mol. The molecule has 1 N–H and O–H groups in total. The Balaban J connectivity index is 1.78. The molecule has 0 aliphatic heterocycles. The zero-order valence-corrected chi connectivity index (χ0v) is 13.8. The quantitative estimate of drug-likeness (QED) is 0.613. The normalized spacial score (nSPS) is 11.2. The Morgan fingerprint density at radius 1 is 1.15 bits per heavy atom. The molecule has 3 aromatic heterocycles. The highest BCUT2D eigenvalue weighted by atomic mass is 19.1. The molecule has 0 spiro atoms. The molecule has 3 heterocycles. The van der Waals surface area contributed by atoms with E-state index in [1.54, 1.807) is 29.1 Å². The first-order valence-corrected chi connectivity index (χ1v) is 7.98. The highest BCUT2D eigenvalue weighted by Gasteiger charge is 2.11. The summed E-state index contributed by atoms with van der Waals surface area (Å²) in [4.78, 5) is 16.9. The highest BCUT2D eigenvalue weighted by Crippen LogP contribution is 2.21. The molecule has 1 aromatic carbocycles. The monoisotopic (exact) mass is 351 g/mol. The molecular weight excluding hydrogens is 337 g/mol. The molecule has 7 nitrogen and oxygen atoms in total. The van der Waals surface area contributed by atoms with Crippen LogP contribution >= 0.6 is 0 Å². The summed E-state index contributed by atoms with van der Waals surface area (Å²) in [5.41, 5.74) is 1.55. The number of fused-ring (bicyclic) bond motifs is 1. The summed E-state index contributed by atoms with van der Waals surface area (Å²) in [5, 5.41) is 18.0. The number of phenolic OH excluding ortho intramolecular Hbond substituents is 1. The zero-order valence-electron chi connectivity index (χ0n) is 13.8. The summed E-state index contributed by atoms with van der Waals surface area (Å²) in [6.45, 7) is 2.45. The first-order chi connectivity index (χ1) is 12.6. The van der Waals surface area contributed by atoms with Gasteiger partial charge in [-0.1, -0.05) is 11.3 Å². The van der Waals surface area contributed by atoms with Crippen molar-refractivity contribution in [3.05, 3.63) is 65.0 Å². The molecule has 0 saturated carbocycles. The van der Waals surface area contributed by atoms with Gasteiger partial charge in [0, 0.05) is 24.2 Å². The van der Waals surface area contributed by atoms with Crippen molar-refractivity contribution in [1.82, 2.24) is 24.5 Å². The number of nitrogens with zero attached hydrogens (tertiary/aromatic N) is 5. The molecule has 0 amide bonds. The van der Waals surface area contributed by atoms with Gasteiger partial charge in [0.2, 0.25) is 0 Å². The van der Waals surface area contributed by atoms with E-state index in [-0.39, 0.29) is 5.56 Å². The fourth-order valence-electron chi connectivity index (χ4n) is 2.69. The van der Waals surface area contributed by atoms with Crippen molar-refractivity contribution in [2.45, 2.75) is 13.5 Å². The Labute approximate surface area is 147 Å². The Morgan fingerprint density at radius 2 is 2.00 bits per heavy atom. The van der Waals surface area contributed by atoms with Crippen molar-refractivity contribution in [2.24, 2.45) is 0 Å². The smallest absolute Gasteiger partial charge is 0.277 e.